The Labute approximate surface area is 190 Å². The Balaban J connectivity index is 1.81. The first-order valence-electron chi connectivity index (χ1n) is 11.0. The Kier molecular flexibility index (Phi) is 8.56. The number of hydrogen-bond acceptors (Lipinski definition) is 6. The Morgan fingerprint density at radius 3 is 2.44 bits per heavy atom. The molecule has 0 saturated heterocycles. The van der Waals surface area contributed by atoms with Gasteiger partial charge in [0.05, 0.1) is 27.9 Å². The van der Waals surface area contributed by atoms with Crippen molar-refractivity contribution in [1.82, 2.24) is 4.90 Å². The fourth-order valence-electron chi connectivity index (χ4n) is 4.20. The average molecular weight is 440 g/mol. The van der Waals surface area contributed by atoms with E-state index in [1.165, 1.54) is 22.8 Å². The van der Waals surface area contributed by atoms with Crippen LogP contribution in [0.5, 0.6) is 17.2 Å². The van der Waals surface area contributed by atoms with E-state index >= 15 is 0 Å². The zero-order chi connectivity index (χ0) is 22.9. The number of allylic oxidation sites excluding steroid dienone is 1. The lowest BCUT2D eigenvalue weighted by molar-refractivity contribution is -0.138. The zero-order valence-corrected chi connectivity index (χ0v) is 19.4. The van der Waals surface area contributed by atoms with Crippen molar-refractivity contribution in [2.75, 3.05) is 41.0 Å². The lowest BCUT2D eigenvalue weighted by Gasteiger charge is -2.38. The summed E-state index contributed by atoms with van der Waals surface area (Å²) in [5.74, 6) is 2.07. The molecule has 2 aromatic carbocycles. The summed E-state index contributed by atoms with van der Waals surface area (Å²) in [5.41, 5.74) is 3.79. The summed E-state index contributed by atoms with van der Waals surface area (Å²) < 4.78 is 21.7. The number of carbonyl (C=O) groups is 1. The second-order valence-corrected chi connectivity index (χ2v) is 7.78. The number of nitrogens with zero attached hydrogens (tertiary/aromatic N) is 1. The zero-order valence-electron chi connectivity index (χ0n) is 19.4. The third-order valence-electron chi connectivity index (χ3n) is 5.84. The number of hydrogen-bond donors (Lipinski definition) is 0. The van der Waals surface area contributed by atoms with Gasteiger partial charge in [0, 0.05) is 25.2 Å². The van der Waals surface area contributed by atoms with Crippen LogP contribution in [0.4, 0.5) is 0 Å². The van der Waals surface area contributed by atoms with E-state index in [0.29, 0.717) is 6.61 Å². The maximum absolute atomic E-state index is 11.6. The predicted molar refractivity (Wildman–Crippen MR) is 125 cm³/mol. The second-order valence-electron chi connectivity index (χ2n) is 7.78. The minimum Gasteiger partial charge on any atom is -0.497 e. The molecule has 1 aliphatic rings. The highest BCUT2D eigenvalue weighted by Gasteiger charge is 2.29. The van der Waals surface area contributed by atoms with Crippen LogP contribution in [0.1, 0.15) is 36.1 Å². The van der Waals surface area contributed by atoms with Gasteiger partial charge >= 0.3 is 5.97 Å². The third-order valence-corrected chi connectivity index (χ3v) is 5.84. The van der Waals surface area contributed by atoms with Gasteiger partial charge in [-0.1, -0.05) is 18.2 Å². The van der Waals surface area contributed by atoms with Gasteiger partial charge in [-0.3, -0.25) is 4.90 Å². The van der Waals surface area contributed by atoms with Crippen molar-refractivity contribution in [2.24, 2.45) is 0 Å². The molecule has 0 N–H and O–H groups in total. The predicted octanol–water partition coefficient (Wildman–Crippen LogP) is 4.36. The van der Waals surface area contributed by atoms with E-state index < -0.39 is 0 Å². The van der Waals surface area contributed by atoms with E-state index in [4.69, 9.17) is 18.9 Å². The van der Waals surface area contributed by atoms with Crippen molar-refractivity contribution >= 4 is 5.97 Å². The molecule has 0 spiro atoms. The maximum atomic E-state index is 11.6. The lowest BCUT2D eigenvalue weighted by atomic mass is 9.88. The van der Waals surface area contributed by atoms with E-state index in [0.717, 1.165) is 49.6 Å². The SMILES string of the molecule is C/C=C\C(=O)OCCCN1CCc2cc(OC)c(OC)cc2C1Cc1ccc(OC)cc1. The molecule has 0 aromatic heterocycles. The third kappa shape index (κ3) is 5.82. The van der Waals surface area contributed by atoms with Crippen LogP contribution >= 0.6 is 0 Å². The fourth-order valence-corrected chi connectivity index (χ4v) is 4.20. The Morgan fingerprint density at radius 1 is 1.06 bits per heavy atom. The first-order chi connectivity index (χ1) is 15.6. The largest absolute Gasteiger partial charge is 0.497 e. The van der Waals surface area contributed by atoms with Gasteiger partial charge in [-0.25, -0.2) is 4.79 Å². The number of carbonyl (C=O) groups excluding carboxylic acids is 1. The van der Waals surface area contributed by atoms with Crippen LogP contribution < -0.4 is 14.2 Å². The fraction of sp³-hybridized carbons (Fsp3) is 0.423. The molecule has 0 radical (unpaired) electrons. The summed E-state index contributed by atoms with van der Waals surface area (Å²) in [4.78, 5) is 14.1. The highest BCUT2D eigenvalue weighted by atomic mass is 16.5. The van der Waals surface area contributed by atoms with Gasteiger partial charge in [0.1, 0.15) is 5.75 Å². The number of ether oxygens (including phenoxy) is 4. The molecule has 6 nitrogen and oxygen atoms in total. The molecule has 32 heavy (non-hydrogen) atoms. The van der Waals surface area contributed by atoms with Crippen molar-refractivity contribution in [3.8, 4) is 17.2 Å². The molecule has 1 aliphatic heterocycles. The Bertz CT molecular complexity index is 923. The molecular formula is C26H33NO5. The summed E-state index contributed by atoms with van der Waals surface area (Å²) in [6, 6.07) is 12.6. The van der Waals surface area contributed by atoms with Crippen molar-refractivity contribution in [3.63, 3.8) is 0 Å². The first-order valence-corrected chi connectivity index (χ1v) is 11.0. The molecule has 0 aliphatic carbocycles. The topological polar surface area (TPSA) is 57.2 Å². The quantitative estimate of drug-likeness (QED) is 0.311. The summed E-state index contributed by atoms with van der Waals surface area (Å²) in [7, 11) is 5.02. The van der Waals surface area contributed by atoms with Crippen molar-refractivity contribution in [1.29, 1.82) is 0 Å². The molecule has 1 unspecified atom stereocenters. The van der Waals surface area contributed by atoms with Crippen LogP contribution in [0.2, 0.25) is 0 Å². The van der Waals surface area contributed by atoms with E-state index in [-0.39, 0.29) is 12.0 Å². The molecule has 172 valence electrons. The first kappa shape index (κ1) is 23.7. The van der Waals surface area contributed by atoms with Crippen LogP contribution in [-0.4, -0.2) is 51.9 Å². The summed E-state index contributed by atoms with van der Waals surface area (Å²) in [5, 5.41) is 0. The number of methoxy groups -OCH3 is 3. The standard InChI is InChI=1S/C26H33NO5/c1-5-7-26(28)32-15-6-13-27-14-12-20-17-24(30-3)25(31-4)18-22(20)23(27)16-19-8-10-21(29-2)11-9-19/h5,7-11,17-18,23H,6,12-16H2,1-4H3/b7-5-. The second kappa shape index (κ2) is 11.6. The highest BCUT2D eigenvalue weighted by Crippen LogP contribution is 2.39. The number of benzene rings is 2. The van der Waals surface area contributed by atoms with E-state index in [9.17, 15) is 4.79 Å². The molecule has 1 heterocycles. The molecule has 6 heteroatoms. The van der Waals surface area contributed by atoms with Crippen LogP contribution in [-0.2, 0) is 22.4 Å². The molecular weight excluding hydrogens is 406 g/mol. The van der Waals surface area contributed by atoms with E-state index in [2.05, 4.69) is 29.2 Å². The summed E-state index contributed by atoms with van der Waals surface area (Å²) in [6.07, 6.45) is 5.72. The molecule has 2 aromatic rings. The molecule has 0 bridgehead atoms. The maximum Gasteiger partial charge on any atom is 0.330 e. The van der Waals surface area contributed by atoms with Gasteiger partial charge in [0.15, 0.2) is 11.5 Å². The Morgan fingerprint density at radius 2 is 1.78 bits per heavy atom. The monoisotopic (exact) mass is 439 g/mol. The Hall–Kier alpha value is -2.99. The molecule has 1 atom stereocenters. The molecule has 0 saturated carbocycles. The van der Waals surface area contributed by atoms with Crippen LogP contribution in [0.15, 0.2) is 48.6 Å². The number of fused-ring (bicyclic) bond motifs is 1. The van der Waals surface area contributed by atoms with Crippen LogP contribution in [0.25, 0.3) is 0 Å². The lowest BCUT2D eigenvalue weighted by Crippen LogP contribution is -2.37. The van der Waals surface area contributed by atoms with Gasteiger partial charge in [0.2, 0.25) is 0 Å². The van der Waals surface area contributed by atoms with Gasteiger partial charge in [-0.2, -0.15) is 0 Å². The van der Waals surface area contributed by atoms with Gasteiger partial charge in [-0.15, -0.1) is 0 Å². The van der Waals surface area contributed by atoms with E-state index in [1.807, 2.05) is 12.1 Å². The minimum atomic E-state index is -0.289. The molecule has 3 rings (SSSR count). The van der Waals surface area contributed by atoms with Crippen molar-refractivity contribution < 1.29 is 23.7 Å². The number of rotatable bonds is 10. The smallest absolute Gasteiger partial charge is 0.330 e. The molecule has 0 fully saturated rings. The summed E-state index contributed by atoms with van der Waals surface area (Å²) >= 11 is 0. The van der Waals surface area contributed by atoms with Gasteiger partial charge < -0.3 is 18.9 Å². The van der Waals surface area contributed by atoms with Gasteiger partial charge in [0.25, 0.3) is 0 Å². The highest BCUT2D eigenvalue weighted by molar-refractivity contribution is 5.81. The van der Waals surface area contributed by atoms with Crippen molar-refractivity contribution in [3.05, 3.63) is 65.2 Å². The normalized spacial score (nSPS) is 15.9. The number of esters is 1. The summed E-state index contributed by atoms with van der Waals surface area (Å²) in [6.45, 7) is 4.00. The van der Waals surface area contributed by atoms with Crippen LogP contribution in [0, 0.1) is 0 Å². The van der Waals surface area contributed by atoms with Crippen molar-refractivity contribution in [2.45, 2.75) is 32.2 Å². The average Bonchev–Trinajstić information content (AvgIpc) is 2.82. The van der Waals surface area contributed by atoms with E-state index in [1.54, 1.807) is 34.3 Å². The van der Waals surface area contributed by atoms with Gasteiger partial charge in [-0.05, 0) is 67.1 Å². The van der Waals surface area contributed by atoms with Crippen LogP contribution in [0.3, 0.4) is 0 Å². The molecule has 0 amide bonds. The minimum absolute atomic E-state index is 0.193.